The quantitative estimate of drug-likeness (QED) is 0.486. The van der Waals surface area contributed by atoms with Crippen LogP contribution in [-0.4, -0.2) is 39.9 Å². The van der Waals surface area contributed by atoms with Crippen molar-refractivity contribution in [2.75, 3.05) is 23.9 Å². The Hall–Kier alpha value is -3.69. The second-order valence-electron chi connectivity index (χ2n) is 8.77. The highest BCUT2D eigenvalue weighted by molar-refractivity contribution is 7.89. The normalized spacial score (nSPS) is 13.7. The molecule has 36 heavy (non-hydrogen) atoms. The molecule has 0 aliphatic carbocycles. The standard InChI is InChI=1S/C27H29N3O5S/c1-18-9-12-26(35-3)23(15-18)28-27(32)24(16-20-7-5-4-6-8-20)29-36(33,34)22-10-11-25-21(17-22)13-14-30(25)19(2)31/h4-12,15,17,24,29H,13-14,16H2,1-3H3,(H,28,32). The van der Waals surface area contributed by atoms with E-state index in [4.69, 9.17) is 4.74 Å². The van der Waals surface area contributed by atoms with Gasteiger partial charge in [-0.1, -0.05) is 36.4 Å². The molecule has 1 unspecified atom stereocenters. The average Bonchev–Trinajstić information content (AvgIpc) is 3.28. The summed E-state index contributed by atoms with van der Waals surface area (Å²) in [6.07, 6.45) is 0.725. The van der Waals surface area contributed by atoms with Gasteiger partial charge in [-0.15, -0.1) is 0 Å². The highest BCUT2D eigenvalue weighted by atomic mass is 32.2. The van der Waals surface area contributed by atoms with E-state index in [0.717, 1.165) is 16.7 Å². The Morgan fingerprint density at radius 1 is 1.06 bits per heavy atom. The first kappa shape index (κ1) is 25.4. The van der Waals surface area contributed by atoms with Crippen molar-refractivity contribution in [3.8, 4) is 5.75 Å². The van der Waals surface area contributed by atoms with Gasteiger partial charge in [0.1, 0.15) is 11.8 Å². The number of sulfonamides is 1. The lowest BCUT2D eigenvalue weighted by Gasteiger charge is -2.20. The minimum Gasteiger partial charge on any atom is -0.495 e. The molecule has 0 fully saturated rings. The lowest BCUT2D eigenvalue weighted by molar-refractivity contribution is -0.118. The zero-order valence-electron chi connectivity index (χ0n) is 20.4. The van der Waals surface area contributed by atoms with Gasteiger partial charge in [-0.2, -0.15) is 4.72 Å². The highest BCUT2D eigenvalue weighted by Crippen LogP contribution is 2.30. The molecule has 0 saturated carbocycles. The Morgan fingerprint density at radius 3 is 2.50 bits per heavy atom. The Labute approximate surface area is 211 Å². The summed E-state index contributed by atoms with van der Waals surface area (Å²) in [5, 5.41) is 2.82. The SMILES string of the molecule is COc1ccc(C)cc1NC(=O)C(Cc1ccccc1)NS(=O)(=O)c1ccc2c(c1)CCN2C(C)=O. The Kier molecular flexibility index (Phi) is 7.42. The molecule has 1 aliphatic rings. The van der Waals surface area contributed by atoms with Crippen LogP contribution in [0, 0.1) is 6.92 Å². The number of fused-ring (bicyclic) bond motifs is 1. The lowest BCUT2D eigenvalue weighted by Crippen LogP contribution is -2.45. The molecule has 0 aromatic heterocycles. The largest absolute Gasteiger partial charge is 0.495 e. The first-order valence-electron chi connectivity index (χ1n) is 11.6. The van der Waals surface area contributed by atoms with Crippen molar-refractivity contribution in [3.63, 3.8) is 0 Å². The van der Waals surface area contributed by atoms with Crippen molar-refractivity contribution in [2.24, 2.45) is 0 Å². The van der Waals surface area contributed by atoms with Crippen LogP contribution >= 0.6 is 0 Å². The smallest absolute Gasteiger partial charge is 0.243 e. The van der Waals surface area contributed by atoms with E-state index < -0.39 is 22.0 Å². The van der Waals surface area contributed by atoms with Crippen LogP contribution in [0.1, 0.15) is 23.6 Å². The van der Waals surface area contributed by atoms with Crippen LogP contribution < -0.4 is 19.7 Å². The predicted octanol–water partition coefficient (Wildman–Crippen LogP) is 3.44. The third-order valence-corrected chi connectivity index (χ3v) is 7.62. The third-order valence-electron chi connectivity index (χ3n) is 6.15. The summed E-state index contributed by atoms with van der Waals surface area (Å²) in [7, 11) is -2.54. The summed E-state index contributed by atoms with van der Waals surface area (Å²) in [5.74, 6) is -0.118. The number of methoxy groups -OCH3 is 1. The number of nitrogens with one attached hydrogen (secondary N) is 2. The number of amides is 2. The fraction of sp³-hybridized carbons (Fsp3) is 0.259. The molecule has 1 heterocycles. The summed E-state index contributed by atoms with van der Waals surface area (Å²) < 4.78 is 34.7. The zero-order chi connectivity index (χ0) is 25.9. The summed E-state index contributed by atoms with van der Waals surface area (Å²) in [6, 6.07) is 18.2. The number of rotatable bonds is 8. The van der Waals surface area contributed by atoms with E-state index in [-0.39, 0.29) is 17.2 Å². The third kappa shape index (κ3) is 5.58. The van der Waals surface area contributed by atoms with E-state index in [9.17, 15) is 18.0 Å². The molecule has 4 rings (SSSR count). The number of carbonyl (C=O) groups excluding carboxylic acids is 2. The minimum absolute atomic E-state index is 0.0469. The molecule has 9 heteroatoms. The maximum Gasteiger partial charge on any atom is 0.243 e. The Morgan fingerprint density at radius 2 is 1.81 bits per heavy atom. The molecule has 3 aromatic carbocycles. The second-order valence-corrected chi connectivity index (χ2v) is 10.5. The van der Waals surface area contributed by atoms with Gasteiger partial charge in [0, 0.05) is 19.2 Å². The number of benzene rings is 3. The maximum atomic E-state index is 13.4. The van der Waals surface area contributed by atoms with Gasteiger partial charge in [0.05, 0.1) is 17.7 Å². The van der Waals surface area contributed by atoms with Crippen molar-refractivity contribution in [2.45, 2.75) is 37.6 Å². The highest BCUT2D eigenvalue weighted by Gasteiger charge is 2.29. The van der Waals surface area contributed by atoms with E-state index in [0.29, 0.717) is 30.1 Å². The van der Waals surface area contributed by atoms with Gasteiger partial charge >= 0.3 is 0 Å². The Bertz CT molecular complexity index is 1390. The number of hydrogen-bond acceptors (Lipinski definition) is 5. The van der Waals surface area contributed by atoms with Gasteiger partial charge in [0.25, 0.3) is 0 Å². The van der Waals surface area contributed by atoms with Crippen molar-refractivity contribution >= 4 is 33.2 Å². The number of aryl methyl sites for hydroxylation is 1. The van der Waals surface area contributed by atoms with E-state index in [2.05, 4.69) is 10.0 Å². The van der Waals surface area contributed by atoms with Crippen LogP contribution in [0.3, 0.4) is 0 Å². The molecule has 2 amide bonds. The molecule has 8 nitrogen and oxygen atoms in total. The van der Waals surface area contributed by atoms with Crippen molar-refractivity contribution < 1.29 is 22.7 Å². The van der Waals surface area contributed by atoms with Crippen LogP contribution in [0.5, 0.6) is 5.75 Å². The van der Waals surface area contributed by atoms with E-state index in [1.807, 2.05) is 43.3 Å². The van der Waals surface area contributed by atoms with E-state index in [1.54, 1.807) is 29.2 Å². The molecule has 0 saturated heterocycles. The van der Waals surface area contributed by atoms with Crippen LogP contribution in [0.25, 0.3) is 0 Å². The molecular weight excluding hydrogens is 478 g/mol. The number of carbonyl (C=O) groups is 2. The van der Waals surface area contributed by atoms with Gasteiger partial charge < -0.3 is 15.0 Å². The molecule has 0 bridgehead atoms. The van der Waals surface area contributed by atoms with Gasteiger partial charge in [-0.25, -0.2) is 8.42 Å². The van der Waals surface area contributed by atoms with Crippen LogP contribution in [0.15, 0.2) is 71.6 Å². The number of hydrogen-bond donors (Lipinski definition) is 2. The van der Waals surface area contributed by atoms with Crippen LogP contribution in [0.2, 0.25) is 0 Å². The summed E-state index contributed by atoms with van der Waals surface area (Å²) in [4.78, 5) is 26.9. The van der Waals surface area contributed by atoms with Crippen LogP contribution in [0.4, 0.5) is 11.4 Å². The molecule has 188 valence electrons. The van der Waals surface area contributed by atoms with Gasteiger partial charge in [-0.05, 0) is 66.8 Å². The van der Waals surface area contributed by atoms with E-state index >= 15 is 0 Å². The van der Waals surface area contributed by atoms with Gasteiger partial charge in [0.15, 0.2) is 0 Å². The molecule has 0 radical (unpaired) electrons. The van der Waals surface area contributed by atoms with Crippen molar-refractivity contribution in [3.05, 3.63) is 83.4 Å². The Balaban J connectivity index is 1.62. The average molecular weight is 508 g/mol. The topological polar surface area (TPSA) is 105 Å². The second kappa shape index (κ2) is 10.5. The number of ether oxygens (including phenoxy) is 1. The van der Waals surface area contributed by atoms with Crippen molar-refractivity contribution in [1.82, 2.24) is 4.72 Å². The molecule has 1 atom stereocenters. The maximum absolute atomic E-state index is 13.4. The molecule has 3 aromatic rings. The predicted molar refractivity (Wildman–Crippen MR) is 139 cm³/mol. The summed E-state index contributed by atoms with van der Waals surface area (Å²) in [5.41, 5.74) is 3.68. The lowest BCUT2D eigenvalue weighted by atomic mass is 10.1. The summed E-state index contributed by atoms with van der Waals surface area (Å²) in [6.45, 7) is 3.89. The fourth-order valence-corrected chi connectivity index (χ4v) is 5.55. The van der Waals surface area contributed by atoms with E-state index in [1.165, 1.54) is 20.1 Å². The minimum atomic E-state index is -4.05. The molecule has 2 N–H and O–H groups in total. The molecule has 1 aliphatic heterocycles. The van der Waals surface area contributed by atoms with Gasteiger partial charge in [-0.3, -0.25) is 9.59 Å². The van der Waals surface area contributed by atoms with Gasteiger partial charge in [0.2, 0.25) is 21.8 Å². The number of nitrogens with zero attached hydrogens (tertiary/aromatic N) is 1. The molecule has 0 spiro atoms. The van der Waals surface area contributed by atoms with Crippen LogP contribution in [-0.2, 0) is 32.5 Å². The first-order valence-corrected chi connectivity index (χ1v) is 13.1. The summed E-state index contributed by atoms with van der Waals surface area (Å²) >= 11 is 0. The van der Waals surface area contributed by atoms with Crippen molar-refractivity contribution in [1.29, 1.82) is 0 Å². The number of anilines is 2. The first-order chi connectivity index (χ1) is 17.2. The zero-order valence-corrected chi connectivity index (χ0v) is 21.3. The molecular formula is C27H29N3O5S. The monoisotopic (exact) mass is 507 g/mol. The fourth-order valence-electron chi connectivity index (χ4n) is 4.30.